The molecule has 0 aliphatic rings. The molecule has 6 nitrogen and oxygen atoms in total. The number of carbonyl (C=O) groups is 1. The molecule has 20 heavy (non-hydrogen) atoms. The normalized spacial score (nSPS) is 10.7. The van der Waals surface area contributed by atoms with Crippen LogP contribution in [0.25, 0.3) is 0 Å². The van der Waals surface area contributed by atoms with Crippen LogP contribution in [0.3, 0.4) is 0 Å². The second kappa shape index (κ2) is 8.08. The first-order valence-electron chi connectivity index (χ1n) is 5.88. The van der Waals surface area contributed by atoms with E-state index in [-0.39, 0.29) is 18.3 Å². The van der Waals surface area contributed by atoms with E-state index in [4.69, 9.17) is 5.73 Å². The molecule has 1 aromatic rings. The number of nitrogen functional groups attached to an aromatic ring is 1. The number of rotatable bonds is 6. The quantitative estimate of drug-likeness (QED) is 0.529. The lowest BCUT2D eigenvalue weighted by Crippen LogP contribution is -2.29. The Labute approximate surface area is 125 Å². The Morgan fingerprint density at radius 1 is 1.30 bits per heavy atom. The van der Waals surface area contributed by atoms with Gasteiger partial charge in [0.2, 0.25) is 10.0 Å². The molecule has 1 amide bonds. The third-order valence-corrected chi connectivity index (χ3v) is 3.24. The van der Waals surface area contributed by atoms with Crippen LogP contribution in [-0.4, -0.2) is 33.7 Å². The van der Waals surface area contributed by atoms with Crippen molar-refractivity contribution in [3.63, 3.8) is 0 Å². The monoisotopic (exact) mass is 321 g/mol. The van der Waals surface area contributed by atoms with Gasteiger partial charge in [-0.25, -0.2) is 13.1 Å². The fourth-order valence-corrected chi connectivity index (χ4v) is 2.04. The smallest absolute Gasteiger partial charge is 0.251 e. The number of amides is 1. The van der Waals surface area contributed by atoms with Crippen LogP contribution in [0.4, 0.5) is 5.69 Å². The summed E-state index contributed by atoms with van der Waals surface area (Å²) in [5, 5.41) is 2.72. The van der Waals surface area contributed by atoms with E-state index in [1.807, 2.05) is 6.92 Å². The SMILES string of the molecule is Cc1ccc(N)cc1C(=O)NCCCNS(C)(=O)=O.Cl. The van der Waals surface area contributed by atoms with Crippen molar-refractivity contribution in [2.24, 2.45) is 0 Å². The molecular weight excluding hydrogens is 302 g/mol. The minimum atomic E-state index is -3.17. The minimum absolute atomic E-state index is 0. The van der Waals surface area contributed by atoms with Crippen molar-refractivity contribution in [3.8, 4) is 0 Å². The number of aryl methyl sites for hydroxylation is 1. The molecule has 1 aromatic carbocycles. The number of halogens is 1. The van der Waals surface area contributed by atoms with Crippen LogP contribution in [0, 0.1) is 6.92 Å². The van der Waals surface area contributed by atoms with Crippen molar-refractivity contribution < 1.29 is 13.2 Å². The summed E-state index contributed by atoms with van der Waals surface area (Å²) < 4.78 is 24.0. The molecule has 0 bridgehead atoms. The fraction of sp³-hybridized carbons (Fsp3) is 0.417. The van der Waals surface area contributed by atoms with Gasteiger partial charge in [-0.3, -0.25) is 4.79 Å². The van der Waals surface area contributed by atoms with Gasteiger partial charge in [0, 0.05) is 24.3 Å². The molecule has 0 spiro atoms. The molecule has 0 aliphatic carbocycles. The zero-order valence-electron chi connectivity index (χ0n) is 11.5. The predicted molar refractivity (Wildman–Crippen MR) is 82.6 cm³/mol. The highest BCUT2D eigenvalue weighted by atomic mass is 35.5. The highest BCUT2D eigenvalue weighted by Crippen LogP contribution is 2.12. The van der Waals surface area contributed by atoms with Crippen LogP contribution < -0.4 is 15.8 Å². The zero-order chi connectivity index (χ0) is 14.5. The van der Waals surface area contributed by atoms with E-state index in [9.17, 15) is 13.2 Å². The Balaban J connectivity index is 0.00000361. The Kier molecular flexibility index (Phi) is 7.55. The Bertz CT molecular complexity index is 561. The molecule has 0 heterocycles. The van der Waals surface area contributed by atoms with Crippen molar-refractivity contribution >= 4 is 34.0 Å². The number of carbonyl (C=O) groups excluding carboxylic acids is 1. The summed E-state index contributed by atoms with van der Waals surface area (Å²) in [5.41, 5.74) is 7.56. The fourth-order valence-electron chi connectivity index (χ4n) is 1.53. The first-order valence-corrected chi connectivity index (χ1v) is 7.78. The van der Waals surface area contributed by atoms with Gasteiger partial charge in [0.25, 0.3) is 5.91 Å². The van der Waals surface area contributed by atoms with Gasteiger partial charge in [0.15, 0.2) is 0 Å². The second-order valence-electron chi connectivity index (χ2n) is 4.35. The maximum absolute atomic E-state index is 11.9. The lowest BCUT2D eigenvalue weighted by molar-refractivity contribution is 0.0953. The van der Waals surface area contributed by atoms with Crippen molar-refractivity contribution in [2.45, 2.75) is 13.3 Å². The molecule has 0 aromatic heterocycles. The number of hydrogen-bond acceptors (Lipinski definition) is 4. The van der Waals surface area contributed by atoms with E-state index in [1.165, 1.54) is 0 Å². The highest BCUT2D eigenvalue weighted by molar-refractivity contribution is 7.88. The van der Waals surface area contributed by atoms with E-state index in [2.05, 4.69) is 10.0 Å². The Morgan fingerprint density at radius 2 is 1.95 bits per heavy atom. The largest absolute Gasteiger partial charge is 0.399 e. The topological polar surface area (TPSA) is 101 Å². The van der Waals surface area contributed by atoms with Crippen molar-refractivity contribution in [3.05, 3.63) is 29.3 Å². The number of anilines is 1. The number of nitrogens with two attached hydrogens (primary N) is 1. The van der Waals surface area contributed by atoms with Gasteiger partial charge >= 0.3 is 0 Å². The van der Waals surface area contributed by atoms with E-state index in [1.54, 1.807) is 18.2 Å². The lowest BCUT2D eigenvalue weighted by atomic mass is 10.1. The maximum Gasteiger partial charge on any atom is 0.251 e. The van der Waals surface area contributed by atoms with Gasteiger partial charge in [-0.05, 0) is 31.0 Å². The molecule has 114 valence electrons. The summed E-state index contributed by atoms with van der Waals surface area (Å²) in [7, 11) is -3.17. The third-order valence-electron chi connectivity index (χ3n) is 2.51. The van der Waals surface area contributed by atoms with Gasteiger partial charge in [-0.15, -0.1) is 12.4 Å². The third kappa shape index (κ3) is 6.74. The van der Waals surface area contributed by atoms with Gasteiger partial charge < -0.3 is 11.1 Å². The molecule has 0 saturated carbocycles. The van der Waals surface area contributed by atoms with E-state index >= 15 is 0 Å². The van der Waals surface area contributed by atoms with Crippen LogP contribution in [0.1, 0.15) is 22.3 Å². The molecule has 0 unspecified atom stereocenters. The number of nitrogens with one attached hydrogen (secondary N) is 2. The molecule has 4 N–H and O–H groups in total. The average Bonchev–Trinajstić information content (AvgIpc) is 2.30. The van der Waals surface area contributed by atoms with Crippen molar-refractivity contribution in [1.82, 2.24) is 10.0 Å². The van der Waals surface area contributed by atoms with Crippen LogP contribution in [-0.2, 0) is 10.0 Å². The second-order valence-corrected chi connectivity index (χ2v) is 6.18. The highest BCUT2D eigenvalue weighted by Gasteiger charge is 2.08. The van der Waals surface area contributed by atoms with Crippen LogP contribution in [0.15, 0.2) is 18.2 Å². The predicted octanol–water partition coefficient (Wildman–Crippen LogP) is 0.668. The van der Waals surface area contributed by atoms with Crippen molar-refractivity contribution in [1.29, 1.82) is 0 Å². The Hall–Kier alpha value is -1.31. The first kappa shape index (κ1) is 18.7. The van der Waals surface area contributed by atoms with E-state index in [0.717, 1.165) is 11.8 Å². The van der Waals surface area contributed by atoms with Crippen LogP contribution >= 0.6 is 12.4 Å². The van der Waals surface area contributed by atoms with Gasteiger partial charge in [-0.1, -0.05) is 6.07 Å². The molecular formula is C12H20ClN3O3S. The number of sulfonamides is 1. The van der Waals surface area contributed by atoms with Crippen LogP contribution in [0.2, 0.25) is 0 Å². The molecule has 0 fully saturated rings. The minimum Gasteiger partial charge on any atom is -0.399 e. The van der Waals surface area contributed by atoms with Gasteiger partial charge in [0.1, 0.15) is 0 Å². The summed E-state index contributed by atoms with van der Waals surface area (Å²) >= 11 is 0. The summed E-state index contributed by atoms with van der Waals surface area (Å²) in [6.45, 7) is 2.53. The number of hydrogen-bond donors (Lipinski definition) is 3. The summed E-state index contributed by atoms with van der Waals surface area (Å²) in [6.07, 6.45) is 1.63. The van der Waals surface area contributed by atoms with Crippen molar-refractivity contribution in [2.75, 3.05) is 25.1 Å². The molecule has 1 rings (SSSR count). The summed E-state index contributed by atoms with van der Waals surface area (Å²) in [6, 6.07) is 5.15. The standard InChI is InChI=1S/C12H19N3O3S.ClH/c1-9-4-5-10(13)8-11(9)12(16)14-6-3-7-15-19(2,17)18;/h4-5,8,15H,3,6-7,13H2,1-2H3,(H,14,16);1H. The molecule has 0 radical (unpaired) electrons. The Morgan fingerprint density at radius 3 is 2.55 bits per heavy atom. The lowest BCUT2D eigenvalue weighted by Gasteiger charge is -2.08. The number of benzene rings is 1. The molecule has 0 saturated heterocycles. The van der Waals surface area contributed by atoms with E-state index in [0.29, 0.717) is 30.8 Å². The van der Waals surface area contributed by atoms with Gasteiger partial charge in [0.05, 0.1) is 6.26 Å². The summed E-state index contributed by atoms with van der Waals surface area (Å²) in [4.78, 5) is 11.9. The molecule has 0 atom stereocenters. The van der Waals surface area contributed by atoms with Gasteiger partial charge in [-0.2, -0.15) is 0 Å². The zero-order valence-corrected chi connectivity index (χ0v) is 13.1. The maximum atomic E-state index is 11.9. The summed E-state index contributed by atoms with van der Waals surface area (Å²) in [5.74, 6) is -0.204. The molecule has 8 heteroatoms. The first-order chi connectivity index (χ1) is 8.79. The average molecular weight is 322 g/mol. The van der Waals surface area contributed by atoms with E-state index < -0.39 is 10.0 Å². The van der Waals surface area contributed by atoms with Crippen LogP contribution in [0.5, 0.6) is 0 Å². The molecule has 0 aliphatic heterocycles.